The predicted molar refractivity (Wildman–Crippen MR) is 71.9 cm³/mol. The number of benzene rings is 2. The van der Waals surface area contributed by atoms with E-state index < -0.39 is 20.2 Å². The third-order valence-corrected chi connectivity index (χ3v) is 4.99. The Morgan fingerprint density at radius 1 is 0.952 bits per heavy atom. The van der Waals surface area contributed by atoms with Gasteiger partial charge in [-0.25, -0.2) is 8.42 Å². The lowest BCUT2D eigenvalue weighted by Gasteiger charge is -2.08. The van der Waals surface area contributed by atoms with Crippen LogP contribution in [-0.2, 0) is 9.84 Å². The second-order valence-electron chi connectivity index (χ2n) is 4.02. The van der Waals surface area contributed by atoms with Crippen LogP contribution in [0.3, 0.4) is 0 Å². The highest BCUT2D eigenvalue weighted by atomic mass is 32.2. The van der Waals surface area contributed by atoms with E-state index in [1.54, 1.807) is 12.1 Å². The normalized spacial score (nSPS) is 12.3. The molecule has 0 spiro atoms. The summed E-state index contributed by atoms with van der Waals surface area (Å²) in [7, 11) is -5.32. The molecule has 0 saturated carbocycles. The lowest BCUT2D eigenvalue weighted by Crippen LogP contribution is -2.23. The first-order valence-electron chi connectivity index (χ1n) is 5.58. The van der Waals surface area contributed by atoms with Gasteiger partial charge in [0, 0.05) is 9.79 Å². The minimum absolute atomic E-state index is 0.0660. The molecule has 2 aromatic carbocycles. The highest BCUT2D eigenvalue weighted by molar-refractivity contribution is 7.99. The molecule has 0 bridgehead atoms. The van der Waals surface area contributed by atoms with Crippen LogP contribution in [0, 0.1) is 0 Å². The van der Waals surface area contributed by atoms with Crippen LogP contribution in [0.4, 0.5) is 13.2 Å². The van der Waals surface area contributed by atoms with Gasteiger partial charge in [0.1, 0.15) is 5.75 Å². The fourth-order valence-electron chi connectivity index (χ4n) is 1.50. The molecule has 2 rings (SSSR count). The van der Waals surface area contributed by atoms with Gasteiger partial charge < -0.3 is 5.11 Å². The molecular weight excluding hydrogens is 325 g/mol. The summed E-state index contributed by atoms with van der Waals surface area (Å²) in [6.07, 6.45) is 0. The van der Waals surface area contributed by atoms with Gasteiger partial charge in [-0.3, -0.25) is 0 Å². The number of sulfone groups is 1. The molecule has 0 aliphatic carbocycles. The molecule has 0 saturated heterocycles. The Kier molecular flexibility index (Phi) is 4.20. The van der Waals surface area contributed by atoms with Gasteiger partial charge in [-0.1, -0.05) is 17.8 Å². The zero-order valence-corrected chi connectivity index (χ0v) is 12.0. The van der Waals surface area contributed by atoms with Crippen molar-refractivity contribution in [2.45, 2.75) is 20.2 Å². The number of hydrogen-bond acceptors (Lipinski definition) is 4. The van der Waals surface area contributed by atoms with Crippen molar-refractivity contribution in [2.24, 2.45) is 0 Å². The fourth-order valence-corrected chi connectivity index (χ4v) is 3.14. The third kappa shape index (κ3) is 3.51. The summed E-state index contributed by atoms with van der Waals surface area (Å²) in [4.78, 5) is 0.443. The van der Waals surface area contributed by atoms with Gasteiger partial charge in [0.15, 0.2) is 0 Å². The highest BCUT2D eigenvalue weighted by Crippen LogP contribution is 2.33. The second kappa shape index (κ2) is 5.61. The minimum Gasteiger partial charge on any atom is -0.508 e. The zero-order valence-electron chi connectivity index (χ0n) is 10.3. The van der Waals surface area contributed by atoms with Crippen molar-refractivity contribution in [3.8, 4) is 5.75 Å². The van der Waals surface area contributed by atoms with E-state index in [1.165, 1.54) is 36.0 Å². The summed E-state index contributed by atoms with van der Waals surface area (Å²) < 4.78 is 59.6. The number of rotatable bonds is 3. The Hall–Kier alpha value is -1.67. The maximum Gasteiger partial charge on any atom is 0.501 e. The molecule has 21 heavy (non-hydrogen) atoms. The molecule has 3 nitrogen and oxygen atoms in total. The van der Waals surface area contributed by atoms with E-state index in [0.717, 1.165) is 12.1 Å². The van der Waals surface area contributed by atoms with Crippen molar-refractivity contribution >= 4 is 21.6 Å². The number of halogens is 3. The standard InChI is InChI=1S/C13H9F3O3S2/c14-13(15,16)21(18,19)12-6-4-10(5-7-12)20-11-3-1-2-9(17)8-11/h1-8,17H. The summed E-state index contributed by atoms with van der Waals surface area (Å²) in [6.45, 7) is 0. The Labute approximate surface area is 123 Å². The highest BCUT2D eigenvalue weighted by Gasteiger charge is 2.46. The average molecular weight is 334 g/mol. The number of aromatic hydroxyl groups is 1. The first-order valence-corrected chi connectivity index (χ1v) is 7.88. The largest absolute Gasteiger partial charge is 0.508 e. The van der Waals surface area contributed by atoms with E-state index >= 15 is 0 Å². The SMILES string of the molecule is O=S(=O)(c1ccc(Sc2cccc(O)c2)cc1)C(F)(F)F. The Bertz CT molecular complexity index is 738. The van der Waals surface area contributed by atoms with Crippen LogP contribution in [0.5, 0.6) is 5.75 Å². The van der Waals surface area contributed by atoms with Crippen LogP contribution < -0.4 is 0 Å². The van der Waals surface area contributed by atoms with Crippen molar-refractivity contribution in [3.05, 3.63) is 48.5 Å². The topological polar surface area (TPSA) is 54.4 Å². The smallest absolute Gasteiger partial charge is 0.501 e. The molecule has 2 aromatic rings. The maximum atomic E-state index is 12.4. The Morgan fingerprint density at radius 3 is 2.10 bits per heavy atom. The molecule has 0 fully saturated rings. The molecule has 1 N–H and O–H groups in total. The van der Waals surface area contributed by atoms with Crippen LogP contribution in [0.2, 0.25) is 0 Å². The van der Waals surface area contributed by atoms with Crippen LogP contribution in [-0.4, -0.2) is 19.0 Å². The summed E-state index contributed by atoms with van der Waals surface area (Å²) in [6, 6.07) is 10.7. The van der Waals surface area contributed by atoms with E-state index in [1.807, 2.05) is 0 Å². The van der Waals surface area contributed by atoms with E-state index in [-0.39, 0.29) is 5.75 Å². The fraction of sp³-hybridized carbons (Fsp3) is 0.0769. The summed E-state index contributed by atoms with van der Waals surface area (Å²) in [5.74, 6) is 0.0660. The predicted octanol–water partition coefficient (Wildman–Crippen LogP) is 3.84. The maximum absolute atomic E-state index is 12.4. The molecule has 0 heterocycles. The van der Waals surface area contributed by atoms with Gasteiger partial charge >= 0.3 is 5.51 Å². The van der Waals surface area contributed by atoms with Gasteiger partial charge in [0.05, 0.1) is 4.90 Å². The molecule has 0 radical (unpaired) electrons. The van der Waals surface area contributed by atoms with E-state index in [9.17, 15) is 26.7 Å². The summed E-state index contributed by atoms with van der Waals surface area (Å²) in [5.41, 5.74) is -5.31. The van der Waals surface area contributed by atoms with Crippen molar-refractivity contribution in [1.82, 2.24) is 0 Å². The monoisotopic (exact) mass is 334 g/mol. The second-order valence-corrected chi connectivity index (χ2v) is 7.11. The summed E-state index contributed by atoms with van der Waals surface area (Å²) in [5, 5.41) is 9.31. The van der Waals surface area contributed by atoms with E-state index in [4.69, 9.17) is 0 Å². The molecule has 112 valence electrons. The van der Waals surface area contributed by atoms with E-state index in [0.29, 0.717) is 9.79 Å². The quantitative estimate of drug-likeness (QED) is 0.927. The van der Waals surface area contributed by atoms with Crippen LogP contribution in [0.15, 0.2) is 63.2 Å². The first kappa shape index (κ1) is 15.7. The lowest BCUT2D eigenvalue weighted by molar-refractivity contribution is -0.0436. The van der Waals surface area contributed by atoms with Gasteiger partial charge in [-0.15, -0.1) is 0 Å². The molecule has 0 aliphatic rings. The van der Waals surface area contributed by atoms with E-state index in [2.05, 4.69) is 0 Å². The third-order valence-electron chi connectivity index (χ3n) is 2.49. The average Bonchev–Trinajstić information content (AvgIpc) is 2.38. The molecule has 0 amide bonds. The molecular formula is C13H9F3O3S2. The van der Waals surface area contributed by atoms with Gasteiger partial charge in [0.25, 0.3) is 9.84 Å². The molecule has 0 aliphatic heterocycles. The molecule has 0 unspecified atom stereocenters. The van der Waals surface area contributed by atoms with Gasteiger partial charge in [0.2, 0.25) is 0 Å². The van der Waals surface area contributed by atoms with Gasteiger partial charge in [-0.05, 0) is 42.5 Å². The number of alkyl halides is 3. The van der Waals surface area contributed by atoms with Crippen molar-refractivity contribution in [2.75, 3.05) is 0 Å². The summed E-state index contributed by atoms with van der Waals surface area (Å²) >= 11 is 1.19. The zero-order chi connectivity index (χ0) is 15.7. The molecule has 0 atom stereocenters. The van der Waals surface area contributed by atoms with Crippen LogP contribution in [0.25, 0.3) is 0 Å². The lowest BCUT2D eigenvalue weighted by atomic mass is 10.3. The van der Waals surface area contributed by atoms with Gasteiger partial charge in [-0.2, -0.15) is 13.2 Å². The molecule has 8 heteroatoms. The number of hydrogen-bond donors (Lipinski definition) is 1. The van der Waals surface area contributed by atoms with Crippen LogP contribution >= 0.6 is 11.8 Å². The Balaban J connectivity index is 2.24. The van der Waals surface area contributed by atoms with Crippen molar-refractivity contribution in [3.63, 3.8) is 0 Å². The van der Waals surface area contributed by atoms with Crippen LogP contribution in [0.1, 0.15) is 0 Å². The Morgan fingerprint density at radius 2 is 1.57 bits per heavy atom. The minimum atomic E-state index is -5.32. The van der Waals surface area contributed by atoms with Crippen molar-refractivity contribution < 1.29 is 26.7 Å². The van der Waals surface area contributed by atoms with Crippen molar-refractivity contribution in [1.29, 1.82) is 0 Å². The molecule has 0 aromatic heterocycles. The number of phenolic OH excluding ortho intramolecular Hbond substituents is 1. The first-order chi connectivity index (χ1) is 9.70. The number of phenols is 1.